The minimum Gasteiger partial charge on any atom is -0.313 e. The van der Waals surface area contributed by atoms with Gasteiger partial charge in [0.05, 0.1) is 10.0 Å². The molecule has 0 bridgehead atoms. The fraction of sp³-hybridized carbons (Fsp3) is 0.647. The summed E-state index contributed by atoms with van der Waals surface area (Å²) in [5.74, 6) is 0.783. The third kappa shape index (κ3) is 4.38. The van der Waals surface area contributed by atoms with E-state index >= 15 is 0 Å². The minimum absolute atomic E-state index is 0.534. The van der Waals surface area contributed by atoms with Gasteiger partial charge in [-0.1, -0.05) is 61.5 Å². The van der Waals surface area contributed by atoms with Crippen molar-refractivity contribution < 1.29 is 0 Å². The maximum absolute atomic E-state index is 6.35. The van der Waals surface area contributed by atoms with Gasteiger partial charge in [0.15, 0.2) is 0 Å². The molecule has 1 unspecified atom stereocenters. The Hall–Kier alpha value is -0.240. The van der Waals surface area contributed by atoms with Crippen molar-refractivity contribution in [3.05, 3.63) is 33.8 Å². The molecule has 0 heterocycles. The molecule has 112 valence electrons. The highest BCUT2D eigenvalue weighted by atomic mass is 35.5. The van der Waals surface area contributed by atoms with Crippen LogP contribution in [-0.4, -0.2) is 12.6 Å². The summed E-state index contributed by atoms with van der Waals surface area (Å²) >= 11 is 12.5. The van der Waals surface area contributed by atoms with Crippen molar-refractivity contribution in [3.8, 4) is 0 Å². The number of rotatable bonds is 6. The molecule has 0 aliphatic heterocycles. The van der Waals surface area contributed by atoms with Crippen molar-refractivity contribution in [2.24, 2.45) is 5.92 Å². The zero-order valence-electron chi connectivity index (χ0n) is 12.3. The van der Waals surface area contributed by atoms with Gasteiger partial charge in [0.1, 0.15) is 0 Å². The maximum Gasteiger partial charge on any atom is 0.0624 e. The van der Waals surface area contributed by atoms with E-state index < -0.39 is 0 Å². The number of hydrogen-bond donors (Lipinski definition) is 1. The van der Waals surface area contributed by atoms with E-state index in [1.807, 2.05) is 12.1 Å². The summed E-state index contributed by atoms with van der Waals surface area (Å²) in [6.07, 6.45) is 9.00. The average molecular weight is 314 g/mol. The Bertz CT molecular complexity index is 413. The number of nitrogens with one attached hydrogen (secondary N) is 1. The van der Waals surface area contributed by atoms with Gasteiger partial charge in [-0.25, -0.2) is 0 Å². The van der Waals surface area contributed by atoms with Crippen molar-refractivity contribution in [1.82, 2.24) is 5.32 Å². The van der Waals surface area contributed by atoms with E-state index in [9.17, 15) is 0 Å². The maximum atomic E-state index is 6.35. The molecule has 1 aliphatic rings. The Kier molecular flexibility index (Phi) is 6.67. The van der Waals surface area contributed by atoms with Gasteiger partial charge in [-0.15, -0.1) is 0 Å². The lowest BCUT2D eigenvalue weighted by atomic mass is 9.81. The zero-order valence-corrected chi connectivity index (χ0v) is 13.8. The first-order chi connectivity index (χ1) is 9.72. The molecule has 1 aromatic rings. The van der Waals surface area contributed by atoms with E-state index in [1.165, 1.54) is 44.1 Å². The van der Waals surface area contributed by atoms with Crippen LogP contribution in [0.5, 0.6) is 0 Å². The van der Waals surface area contributed by atoms with Crippen molar-refractivity contribution in [3.63, 3.8) is 0 Å². The summed E-state index contributed by atoms with van der Waals surface area (Å²) in [5, 5.41) is 5.13. The highest BCUT2D eigenvalue weighted by molar-refractivity contribution is 6.42. The lowest BCUT2D eigenvalue weighted by Crippen LogP contribution is -2.39. The van der Waals surface area contributed by atoms with Crippen molar-refractivity contribution in [1.29, 1.82) is 0 Å². The van der Waals surface area contributed by atoms with E-state index in [4.69, 9.17) is 23.2 Å². The smallest absolute Gasteiger partial charge is 0.0624 e. The molecule has 0 radical (unpaired) electrons. The molecule has 1 aromatic carbocycles. The number of benzene rings is 1. The Balaban J connectivity index is 2.07. The Labute approximate surface area is 133 Å². The highest BCUT2D eigenvalue weighted by Gasteiger charge is 2.24. The molecule has 1 saturated carbocycles. The van der Waals surface area contributed by atoms with E-state index in [-0.39, 0.29) is 0 Å². The lowest BCUT2D eigenvalue weighted by molar-refractivity contribution is 0.267. The number of hydrogen-bond acceptors (Lipinski definition) is 1. The van der Waals surface area contributed by atoms with Crippen LogP contribution in [0.1, 0.15) is 51.0 Å². The summed E-state index contributed by atoms with van der Waals surface area (Å²) in [7, 11) is 0. The van der Waals surface area contributed by atoms with E-state index in [2.05, 4.69) is 18.3 Å². The standard InChI is InChI=1S/C17H25Cl2N/c1-2-11-20-16(13-7-4-3-5-8-13)12-14-9-6-10-15(18)17(14)19/h6,9-10,13,16,20H,2-5,7-8,11-12H2,1H3. The average Bonchev–Trinajstić information content (AvgIpc) is 2.48. The molecular formula is C17H25Cl2N. The molecule has 1 aliphatic carbocycles. The first-order valence-corrected chi connectivity index (χ1v) is 8.64. The molecule has 0 amide bonds. The van der Waals surface area contributed by atoms with Gasteiger partial charge in [0.25, 0.3) is 0 Å². The minimum atomic E-state index is 0.534. The second-order valence-corrected chi connectivity index (χ2v) is 6.66. The predicted octanol–water partition coefficient (Wildman–Crippen LogP) is 5.48. The largest absolute Gasteiger partial charge is 0.313 e. The van der Waals surface area contributed by atoms with Crippen LogP contribution in [0, 0.1) is 5.92 Å². The van der Waals surface area contributed by atoms with Crippen LogP contribution in [0.4, 0.5) is 0 Å². The lowest BCUT2D eigenvalue weighted by Gasteiger charge is -2.31. The van der Waals surface area contributed by atoms with Crippen LogP contribution in [-0.2, 0) is 6.42 Å². The molecule has 0 aromatic heterocycles. The second kappa shape index (κ2) is 8.26. The highest BCUT2D eigenvalue weighted by Crippen LogP contribution is 2.31. The first-order valence-electron chi connectivity index (χ1n) is 7.88. The van der Waals surface area contributed by atoms with Crippen LogP contribution in [0.2, 0.25) is 10.0 Å². The van der Waals surface area contributed by atoms with E-state index in [1.54, 1.807) is 0 Å². The fourth-order valence-corrected chi connectivity index (χ4v) is 3.61. The summed E-state index contributed by atoms with van der Waals surface area (Å²) in [4.78, 5) is 0. The summed E-state index contributed by atoms with van der Waals surface area (Å²) in [5.41, 5.74) is 1.18. The SMILES string of the molecule is CCCNC(Cc1cccc(Cl)c1Cl)C1CCCCC1. The Morgan fingerprint density at radius 2 is 1.95 bits per heavy atom. The van der Waals surface area contributed by atoms with Crippen LogP contribution in [0.25, 0.3) is 0 Å². The fourth-order valence-electron chi connectivity index (χ4n) is 3.21. The van der Waals surface area contributed by atoms with Crippen LogP contribution in [0.3, 0.4) is 0 Å². The molecular weight excluding hydrogens is 289 g/mol. The predicted molar refractivity (Wildman–Crippen MR) is 88.8 cm³/mol. The van der Waals surface area contributed by atoms with Gasteiger partial charge in [-0.2, -0.15) is 0 Å². The van der Waals surface area contributed by atoms with Crippen LogP contribution >= 0.6 is 23.2 Å². The van der Waals surface area contributed by atoms with Crippen molar-refractivity contribution in [2.45, 2.75) is 57.9 Å². The zero-order chi connectivity index (χ0) is 14.4. The molecule has 0 spiro atoms. The molecule has 1 N–H and O–H groups in total. The molecule has 3 heteroatoms. The van der Waals surface area contributed by atoms with Gasteiger partial charge in [0, 0.05) is 6.04 Å². The quantitative estimate of drug-likeness (QED) is 0.732. The molecule has 1 nitrogen and oxygen atoms in total. The normalized spacial score (nSPS) is 18.1. The molecule has 1 atom stereocenters. The van der Waals surface area contributed by atoms with Gasteiger partial charge in [-0.3, -0.25) is 0 Å². The summed E-state index contributed by atoms with van der Waals surface area (Å²) in [6.45, 7) is 3.30. The summed E-state index contributed by atoms with van der Waals surface area (Å²) in [6, 6.07) is 6.51. The van der Waals surface area contributed by atoms with Crippen LogP contribution in [0.15, 0.2) is 18.2 Å². The first kappa shape index (κ1) is 16.1. The van der Waals surface area contributed by atoms with Gasteiger partial charge >= 0.3 is 0 Å². The Morgan fingerprint density at radius 3 is 2.65 bits per heavy atom. The third-order valence-electron chi connectivity index (χ3n) is 4.35. The molecule has 0 saturated heterocycles. The summed E-state index contributed by atoms with van der Waals surface area (Å²) < 4.78 is 0. The topological polar surface area (TPSA) is 12.0 Å². The number of halogens is 2. The Morgan fingerprint density at radius 1 is 1.20 bits per heavy atom. The molecule has 2 rings (SSSR count). The third-order valence-corrected chi connectivity index (χ3v) is 5.20. The van der Waals surface area contributed by atoms with Gasteiger partial charge in [0.2, 0.25) is 0 Å². The van der Waals surface area contributed by atoms with E-state index in [0.29, 0.717) is 11.1 Å². The van der Waals surface area contributed by atoms with Gasteiger partial charge in [-0.05, 0) is 49.8 Å². The molecule has 1 fully saturated rings. The molecule has 20 heavy (non-hydrogen) atoms. The van der Waals surface area contributed by atoms with Crippen molar-refractivity contribution in [2.75, 3.05) is 6.54 Å². The van der Waals surface area contributed by atoms with Gasteiger partial charge < -0.3 is 5.32 Å². The monoisotopic (exact) mass is 313 g/mol. The van der Waals surface area contributed by atoms with Crippen LogP contribution < -0.4 is 5.32 Å². The second-order valence-electron chi connectivity index (χ2n) is 5.88. The van der Waals surface area contributed by atoms with E-state index in [0.717, 1.165) is 23.9 Å². The van der Waals surface area contributed by atoms with Crippen molar-refractivity contribution >= 4 is 23.2 Å².